The van der Waals surface area contributed by atoms with Crippen LogP contribution in [-0.4, -0.2) is 0 Å². The summed E-state index contributed by atoms with van der Waals surface area (Å²) in [5, 5.41) is 0. The molecule has 0 bridgehead atoms. The molecule has 94 valence electrons. The van der Waals surface area contributed by atoms with Crippen LogP contribution in [0.1, 0.15) is 11.1 Å². The van der Waals surface area contributed by atoms with Crippen molar-refractivity contribution >= 4 is 15.9 Å². The third-order valence-corrected chi connectivity index (χ3v) is 3.03. The van der Waals surface area contributed by atoms with E-state index in [1.807, 2.05) is 24.3 Å². The zero-order valence-electron chi connectivity index (χ0n) is 9.70. The zero-order valence-corrected chi connectivity index (χ0v) is 11.3. The number of nitrogens with two attached hydrogens (primary N) is 1. The van der Waals surface area contributed by atoms with Crippen LogP contribution in [0.3, 0.4) is 0 Å². The molecule has 0 atom stereocenters. The quantitative estimate of drug-likeness (QED) is 0.936. The number of benzene rings is 2. The molecule has 0 fully saturated rings. The second-order valence-electron chi connectivity index (χ2n) is 3.87. The van der Waals surface area contributed by atoms with Crippen molar-refractivity contribution in [1.29, 1.82) is 0 Å². The highest BCUT2D eigenvalue weighted by Crippen LogP contribution is 2.22. The molecule has 0 heterocycles. The molecule has 0 aromatic heterocycles. The number of hydrogen-bond donors (Lipinski definition) is 1. The summed E-state index contributed by atoms with van der Waals surface area (Å²) in [6, 6.07) is 12.3. The average molecular weight is 310 g/mol. The Morgan fingerprint density at radius 1 is 1.11 bits per heavy atom. The summed E-state index contributed by atoms with van der Waals surface area (Å²) in [5.74, 6) is 0.167. The highest BCUT2D eigenvalue weighted by Gasteiger charge is 2.03. The molecule has 0 aliphatic carbocycles. The first-order valence-electron chi connectivity index (χ1n) is 5.55. The lowest BCUT2D eigenvalue weighted by molar-refractivity contribution is 0.303. The summed E-state index contributed by atoms with van der Waals surface area (Å²) in [4.78, 5) is 0. The first kappa shape index (κ1) is 13.1. The van der Waals surface area contributed by atoms with Crippen LogP contribution in [0.15, 0.2) is 46.9 Å². The monoisotopic (exact) mass is 309 g/mol. The lowest BCUT2D eigenvalue weighted by Crippen LogP contribution is -2.04. The van der Waals surface area contributed by atoms with Gasteiger partial charge in [-0.2, -0.15) is 0 Å². The van der Waals surface area contributed by atoms with Crippen molar-refractivity contribution in [3.63, 3.8) is 0 Å². The number of rotatable bonds is 4. The molecule has 4 heteroatoms. The Bertz CT molecular complexity index is 525. The molecule has 0 spiro atoms. The molecular formula is C14H13BrFNO. The summed E-state index contributed by atoms with van der Waals surface area (Å²) >= 11 is 3.23. The summed E-state index contributed by atoms with van der Waals surface area (Å²) in [5.41, 5.74) is 7.69. The maximum Gasteiger partial charge on any atom is 0.128 e. The second-order valence-corrected chi connectivity index (χ2v) is 4.78. The minimum absolute atomic E-state index is 0.327. The molecule has 2 rings (SSSR count). The van der Waals surface area contributed by atoms with Crippen LogP contribution in [-0.2, 0) is 13.2 Å². The van der Waals surface area contributed by atoms with Crippen LogP contribution in [0.2, 0.25) is 0 Å². The maximum absolute atomic E-state index is 13.2. The summed E-state index contributed by atoms with van der Waals surface area (Å²) in [6.45, 7) is 0.843. The Balaban J connectivity index is 2.11. The predicted molar refractivity (Wildman–Crippen MR) is 72.8 cm³/mol. The Labute approximate surface area is 114 Å². The number of ether oxygens (including phenoxy) is 1. The molecule has 2 aromatic rings. The van der Waals surface area contributed by atoms with E-state index in [4.69, 9.17) is 10.5 Å². The average Bonchev–Trinajstić information content (AvgIpc) is 2.35. The van der Waals surface area contributed by atoms with E-state index >= 15 is 0 Å². The molecule has 2 aromatic carbocycles. The van der Waals surface area contributed by atoms with E-state index in [9.17, 15) is 4.39 Å². The van der Waals surface area contributed by atoms with Crippen molar-refractivity contribution in [2.75, 3.05) is 0 Å². The summed E-state index contributed by atoms with van der Waals surface area (Å²) in [6.07, 6.45) is 0. The first-order valence-corrected chi connectivity index (χ1v) is 6.34. The minimum Gasteiger partial charge on any atom is -0.489 e. The largest absolute Gasteiger partial charge is 0.489 e. The van der Waals surface area contributed by atoms with Gasteiger partial charge in [0.15, 0.2) is 0 Å². The van der Waals surface area contributed by atoms with Gasteiger partial charge in [-0.3, -0.25) is 0 Å². The Morgan fingerprint density at radius 3 is 2.50 bits per heavy atom. The molecule has 2 N–H and O–H groups in total. The Kier molecular flexibility index (Phi) is 4.33. The van der Waals surface area contributed by atoms with Gasteiger partial charge >= 0.3 is 0 Å². The van der Waals surface area contributed by atoms with Gasteiger partial charge in [-0.25, -0.2) is 4.39 Å². The molecule has 0 amide bonds. The van der Waals surface area contributed by atoms with Crippen molar-refractivity contribution in [3.8, 4) is 5.75 Å². The highest BCUT2D eigenvalue weighted by molar-refractivity contribution is 9.10. The Hall–Kier alpha value is -1.39. The van der Waals surface area contributed by atoms with E-state index in [0.29, 0.717) is 23.4 Å². The van der Waals surface area contributed by atoms with Gasteiger partial charge in [0.1, 0.15) is 18.2 Å². The smallest absolute Gasteiger partial charge is 0.128 e. The first-order chi connectivity index (χ1) is 8.69. The molecule has 0 saturated heterocycles. The fraction of sp³-hybridized carbons (Fsp3) is 0.143. The lowest BCUT2D eigenvalue weighted by Gasteiger charge is -2.10. The third kappa shape index (κ3) is 3.31. The van der Waals surface area contributed by atoms with Gasteiger partial charge in [0, 0.05) is 17.1 Å². The van der Waals surface area contributed by atoms with Gasteiger partial charge in [-0.05, 0) is 23.3 Å². The standard InChI is InChI=1S/C14H13BrFNO/c15-12-5-13(16)7-14(6-12)18-9-11-4-2-1-3-10(11)8-17/h1-7H,8-9,17H2. The van der Waals surface area contributed by atoms with E-state index in [2.05, 4.69) is 15.9 Å². The van der Waals surface area contributed by atoms with Crippen LogP contribution < -0.4 is 10.5 Å². The Morgan fingerprint density at radius 2 is 1.83 bits per heavy atom. The van der Waals surface area contributed by atoms with Gasteiger partial charge in [0.2, 0.25) is 0 Å². The molecule has 0 saturated carbocycles. The lowest BCUT2D eigenvalue weighted by atomic mass is 10.1. The van der Waals surface area contributed by atoms with Gasteiger partial charge in [-0.15, -0.1) is 0 Å². The molecule has 18 heavy (non-hydrogen) atoms. The second kappa shape index (κ2) is 5.98. The van der Waals surface area contributed by atoms with Crippen LogP contribution in [0.4, 0.5) is 4.39 Å². The van der Waals surface area contributed by atoms with Crippen molar-refractivity contribution in [3.05, 3.63) is 63.9 Å². The number of halogens is 2. The minimum atomic E-state index is -0.327. The van der Waals surface area contributed by atoms with E-state index in [1.54, 1.807) is 6.07 Å². The fourth-order valence-electron chi connectivity index (χ4n) is 1.67. The van der Waals surface area contributed by atoms with E-state index in [0.717, 1.165) is 11.1 Å². The van der Waals surface area contributed by atoms with E-state index in [-0.39, 0.29) is 5.82 Å². The normalized spacial score (nSPS) is 10.4. The molecule has 0 radical (unpaired) electrons. The van der Waals surface area contributed by atoms with Crippen LogP contribution in [0.25, 0.3) is 0 Å². The zero-order chi connectivity index (χ0) is 13.0. The maximum atomic E-state index is 13.2. The molecule has 2 nitrogen and oxygen atoms in total. The van der Waals surface area contributed by atoms with Crippen LogP contribution in [0.5, 0.6) is 5.75 Å². The summed E-state index contributed by atoms with van der Waals surface area (Å²) in [7, 11) is 0. The van der Waals surface area contributed by atoms with E-state index in [1.165, 1.54) is 12.1 Å². The molecule has 0 aliphatic rings. The van der Waals surface area contributed by atoms with E-state index < -0.39 is 0 Å². The van der Waals surface area contributed by atoms with Crippen molar-refractivity contribution in [1.82, 2.24) is 0 Å². The SMILES string of the molecule is NCc1ccccc1COc1cc(F)cc(Br)c1. The third-order valence-electron chi connectivity index (χ3n) is 2.57. The van der Waals surface area contributed by atoms with Crippen LogP contribution >= 0.6 is 15.9 Å². The van der Waals surface area contributed by atoms with Gasteiger partial charge in [-0.1, -0.05) is 40.2 Å². The highest BCUT2D eigenvalue weighted by atomic mass is 79.9. The van der Waals surface area contributed by atoms with Crippen LogP contribution in [0, 0.1) is 5.82 Å². The molecule has 0 unspecified atom stereocenters. The van der Waals surface area contributed by atoms with Gasteiger partial charge < -0.3 is 10.5 Å². The van der Waals surface area contributed by atoms with Crippen molar-refractivity contribution in [2.24, 2.45) is 5.73 Å². The predicted octanol–water partition coefficient (Wildman–Crippen LogP) is 3.63. The van der Waals surface area contributed by atoms with Crippen molar-refractivity contribution < 1.29 is 9.13 Å². The topological polar surface area (TPSA) is 35.2 Å². The molecule has 0 aliphatic heterocycles. The number of hydrogen-bond acceptors (Lipinski definition) is 2. The van der Waals surface area contributed by atoms with Gasteiger partial charge in [0.05, 0.1) is 0 Å². The fourth-order valence-corrected chi connectivity index (χ4v) is 2.11. The molecular weight excluding hydrogens is 297 g/mol. The van der Waals surface area contributed by atoms with Crippen molar-refractivity contribution in [2.45, 2.75) is 13.2 Å². The van der Waals surface area contributed by atoms with Gasteiger partial charge in [0.25, 0.3) is 0 Å². The summed E-state index contributed by atoms with van der Waals surface area (Å²) < 4.78 is 19.4.